The number of amides is 2. The lowest BCUT2D eigenvalue weighted by atomic mass is 10.1. The summed E-state index contributed by atoms with van der Waals surface area (Å²) >= 11 is 0. The summed E-state index contributed by atoms with van der Waals surface area (Å²) in [6, 6.07) is 17.0. The molecule has 29 heavy (non-hydrogen) atoms. The van der Waals surface area contributed by atoms with Crippen molar-refractivity contribution in [2.75, 3.05) is 6.61 Å². The third-order valence-electron chi connectivity index (χ3n) is 4.10. The summed E-state index contributed by atoms with van der Waals surface area (Å²) in [6.45, 7) is 1.71. The molecule has 0 atom stereocenters. The van der Waals surface area contributed by atoms with Crippen LogP contribution in [-0.4, -0.2) is 18.4 Å². The number of benzene rings is 2. The zero-order valence-electron chi connectivity index (χ0n) is 15.9. The molecule has 2 aromatic carbocycles. The van der Waals surface area contributed by atoms with Gasteiger partial charge in [-0.25, -0.2) is 4.39 Å². The zero-order chi connectivity index (χ0) is 20.6. The first-order valence-electron chi connectivity index (χ1n) is 9.12. The van der Waals surface area contributed by atoms with Crippen molar-refractivity contribution in [3.8, 4) is 17.1 Å². The van der Waals surface area contributed by atoms with Crippen molar-refractivity contribution in [2.45, 2.75) is 19.8 Å². The predicted octanol–water partition coefficient (Wildman–Crippen LogP) is 3.55. The third-order valence-corrected chi connectivity index (χ3v) is 4.10. The Kier molecular flexibility index (Phi) is 6.63. The number of furan rings is 1. The van der Waals surface area contributed by atoms with Crippen molar-refractivity contribution in [1.29, 1.82) is 0 Å². The minimum absolute atomic E-state index is 0.100. The van der Waals surface area contributed by atoms with E-state index in [1.54, 1.807) is 36.4 Å². The van der Waals surface area contributed by atoms with E-state index < -0.39 is 5.91 Å². The van der Waals surface area contributed by atoms with Gasteiger partial charge >= 0.3 is 0 Å². The van der Waals surface area contributed by atoms with E-state index in [4.69, 9.17) is 9.15 Å². The van der Waals surface area contributed by atoms with Gasteiger partial charge in [-0.1, -0.05) is 24.3 Å². The second kappa shape index (κ2) is 9.54. The van der Waals surface area contributed by atoms with Crippen LogP contribution in [0.15, 0.2) is 65.1 Å². The first-order valence-corrected chi connectivity index (χ1v) is 9.12. The van der Waals surface area contributed by atoms with Gasteiger partial charge < -0.3 is 9.15 Å². The molecule has 2 amide bonds. The van der Waals surface area contributed by atoms with Gasteiger partial charge in [0.25, 0.3) is 5.91 Å². The first kappa shape index (κ1) is 20.1. The molecular weight excluding hydrogens is 375 g/mol. The third kappa shape index (κ3) is 5.93. The molecule has 6 nitrogen and oxygen atoms in total. The molecule has 2 N–H and O–H groups in total. The van der Waals surface area contributed by atoms with Crippen LogP contribution in [-0.2, 0) is 16.0 Å². The highest BCUT2D eigenvalue weighted by Gasteiger charge is 2.11. The molecule has 0 aliphatic heterocycles. The van der Waals surface area contributed by atoms with Crippen LogP contribution in [0, 0.1) is 12.7 Å². The van der Waals surface area contributed by atoms with Gasteiger partial charge in [-0.2, -0.15) is 0 Å². The van der Waals surface area contributed by atoms with E-state index in [0.717, 1.165) is 5.56 Å². The fourth-order valence-corrected chi connectivity index (χ4v) is 2.65. The Bertz CT molecular complexity index is 1000. The molecule has 3 aromatic rings. The summed E-state index contributed by atoms with van der Waals surface area (Å²) in [6.07, 6.45) is 0.416. The number of carbonyl (C=O) groups is 2. The highest BCUT2D eigenvalue weighted by Crippen LogP contribution is 2.25. The minimum Gasteiger partial charge on any atom is -0.484 e. The van der Waals surface area contributed by atoms with Crippen LogP contribution in [0.1, 0.15) is 17.7 Å². The van der Waals surface area contributed by atoms with Crippen molar-refractivity contribution in [2.24, 2.45) is 0 Å². The highest BCUT2D eigenvalue weighted by atomic mass is 19.1. The minimum atomic E-state index is -0.473. The average molecular weight is 396 g/mol. The van der Waals surface area contributed by atoms with Gasteiger partial charge in [0.1, 0.15) is 23.1 Å². The van der Waals surface area contributed by atoms with Crippen molar-refractivity contribution >= 4 is 11.8 Å². The standard InChI is InChI=1S/C22H21FN2O4/c1-15-5-4-6-17(13-15)28-14-22(27)25-24-21(26)12-10-16-9-11-20(29-16)18-7-2-3-8-19(18)23/h2-9,11,13H,10,12,14H2,1H3,(H,24,26)(H,25,27). The number of hydrazine groups is 1. The van der Waals surface area contributed by atoms with Crippen LogP contribution in [0.2, 0.25) is 0 Å². The molecule has 0 spiro atoms. The Balaban J connectivity index is 1.40. The summed E-state index contributed by atoms with van der Waals surface area (Å²) in [5.74, 6) is 0.307. The van der Waals surface area contributed by atoms with E-state index in [-0.39, 0.29) is 24.8 Å². The fraction of sp³-hybridized carbons (Fsp3) is 0.182. The SMILES string of the molecule is Cc1cccc(OCC(=O)NNC(=O)CCc2ccc(-c3ccccc3F)o2)c1. The average Bonchev–Trinajstić information content (AvgIpc) is 3.18. The quantitative estimate of drug-likeness (QED) is 0.599. The zero-order valence-corrected chi connectivity index (χ0v) is 15.9. The largest absolute Gasteiger partial charge is 0.484 e. The smallest absolute Gasteiger partial charge is 0.276 e. The van der Waals surface area contributed by atoms with E-state index in [1.807, 2.05) is 25.1 Å². The molecule has 150 valence electrons. The fourth-order valence-electron chi connectivity index (χ4n) is 2.65. The van der Waals surface area contributed by atoms with Crippen LogP contribution in [0.3, 0.4) is 0 Å². The van der Waals surface area contributed by atoms with Crippen LogP contribution >= 0.6 is 0 Å². The second-order valence-corrected chi connectivity index (χ2v) is 6.45. The van der Waals surface area contributed by atoms with Crippen LogP contribution in [0.25, 0.3) is 11.3 Å². The Morgan fingerprint density at radius 2 is 1.79 bits per heavy atom. The van der Waals surface area contributed by atoms with Crippen LogP contribution in [0.5, 0.6) is 5.75 Å². The number of ether oxygens (including phenoxy) is 1. The Hall–Kier alpha value is -3.61. The maximum Gasteiger partial charge on any atom is 0.276 e. The summed E-state index contributed by atoms with van der Waals surface area (Å²) in [4.78, 5) is 23.7. The highest BCUT2D eigenvalue weighted by molar-refractivity contribution is 5.82. The molecule has 0 unspecified atom stereocenters. The van der Waals surface area contributed by atoms with Crippen LogP contribution in [0.4, 0.5) is 4.39 Å². The van der Waals surface area contributed by atoms with Gasteiger partial charge in [-0.15, -0.1) is 0 Å². The Morgan fingerprint density at radius 3 is 2.59 bits per heavy atom. The van der Waals surface area contributed by atoms with E-state index in [2.05, 4.69) is 10.9 Å². The van der Waals surface area contributed by atoms with Crippen molar-refractivity contribution in [3.05, 3.63) is 77.8 Å². The Labute approximate surface area is 167 Å². The lowest BCUT2D eigenvalue weighted by molar-refractivity contribution is -0.130. The molecule has 1 heterocycles. The molecule has 7 heteroatoms. The molecule has 3 rings (SSSR count). The van der Waals surface area contributed by atoms with Gasteiger partial charge in [-0.05, 0) is 48.9 Å². The van der Waals surface area contributed by atoms with Crippen molar-refractivity contribution in [1.82, 2.24) is 10.9 Å². The summed E-state index contributed by atoms with van der Waals surface area (Å²) in [7, 11) is 0. The number of hydrogen-bond donors (Lipinski definition) is 2. The molecular formula is C22H21FN2O4. The number of carbonyl (C=O) groups excluding carboxylic acids is 2. The maximum absolute atomic E-state index is 13.8. The van der Waals surface area contributed by atoms with Gasteiger partial charge in [0, 0.05) is 12.8 Å². The van der Waals surface area contributed by atoms with Crippen LogP contribution < -0.4 is 15.6 Å². The van der Waals surface area contributed by atoms with E-state index in [9.17, 15) is 14.0 Å². The topological polar surface area (TPSA) is 80.6 Å². The molecule has 0 saturated carbocycles. The number of rotatable bonds is 7. The van der Waals surface area contributed by atoms with Crippen molar-refractivity contribution in [3.63, 3.8) is 0 Å². The Morgan fingerprint density at radius 1 is 1.00 bits per heavy atom. The van der Waals surface area contributed by atoms with Gasteiger partial charge in [-0.3, -0.25) is 20.4 Å². The number of halogens is 1. The monoisotopic (exact) mass is 396 g/mol. The molecule has 0 aliphatic rings. The van der Waals surface area contributed by atoms with Crippen molar-refractivity contribution < 1.29 is 23.1 Å². The van der Waals surface area contributed by atoms with E-state index in [0.29, 0.717) is 29.3 Å². The van der Waals surface area contributed by atoms with Gasteiger partial charge in [0.15, 0.2) is 6.61 Å². The second-order valence-electron chi connectivity index (χ2n) is 6.45. The molecule has 0 aliphatic carbocycles. The lowest BCUT2D eigenvalue weighted by Gasteiger charge is -2.09. The summed E-state index contributed by atoms with van der Waals surface area (Å²) in [5, 5.41) is 0. The number of aryl methyl sites for hydroxylation is 2. The maximum atomic E-state index is 13.8. The molecule has 0 radical (unpaired) electrons. The predicted molar refractivity (Wildman–Crippen MR) is 105 cm³/mol. The first-order chi connectivity index (χ1) is 14.0. The number of nitrogens with one attached hydrogen (secondary N) is 2. The normalized spacial score (nSPS) is 10.4. The molecule has 0 saturated heterocycles. The molecule has 0 fully saturated rings. The van der Waals surface area contributed by atoms with E-state index >= 15 is 0 Å². The van der Waals surface area contributed by atoms with Gasteiger partial charge in [0.2, 0.25) is 5.91 Å². The molecule has 1 aromatic heterocycles. The number of hydrogen-bond acceptors (Lipinski definition) is 4. The summed E-state index contributed by atoms with van der Waals surface area (Å²) < 4.78 is 24.7. The lowest BCUT2D eigenvalue weighted by Crippen LogP contribution is -2.43. The van der Waals surface area contributed by atoms with E-state index in [1.165, 1.54) is 6.07 Å². The molecule has 0 bridgehead atoms. The van der Waals surface area contributed by atoms with Gasteiger partial charge in [0.05, 0.1) is 5.56 Å². The summed E-state index contributed by atoms with van der Waals surface area (Å²) in [5.41, 5.74) is 6.01.